The molecule has 2 heterocycles. The van der Waals surface area contributed by atoms with Gasteiger partial charge in [-0.3, -0.25) is 9.69 Å². The molecule has 0 saturated carbocycles. The smallest absolute Gasteiger partial charge is 0.228 e. The van der Waals surface area contributed by atoms with Crippen molar-refractivity contribution >= 4 is 22.4 Å². The van der Waals surface area contributed by atoms with E-state index in [1.807, 2.05) is 32.2 Å². The third kappa shape index (κ3) is 2.58. The maximum Gasteiger partial charge on any atom is 0.228 e. The number of carbonyl (C=O) groups excluding carboxylic acids is 1. The van der Waals surface area contributed by atoms with E-state index in [2.05, 4.69) is 28.2 Å². The second-order valence-electron chi connectivity index (χ2n) is 7.35. The number of rotatable bonds is 3. The van der Waals surface area contributed by atoms with Crippen molar-refractivity contribution in [2.45, 2.75) is 38.8 Å². The van der Waals surface area contributed by atoms with E-state index in [4.69, 9.17) is 0 Å². The van der Waals surface area contributed by atoms with Crippen molar-refractivity contribution in [3.8, 4) is 0 Å². The number of nitrogens with one attached hydrogen (secondary N) is 2. The van der Waals surface area contributed by atoms with Gasteiger partial charge in [0, 0.05) is 35.1 Å². The molecule has 2 aromatic rings. The fourth-order valence-corrected chi connectivity index (χ4v) is 4.11. The average molecular weight is 341 g/mol. The summed E-state index contributed by atoms with van der Waals surface area (Å²) in [5.41, 5.74) is 3.80. The quantitative estimate of drug-likeness (QED) is 0.901. The van der Waals surface area contributed by atoms with Gasteiger partial charge in [-0.1, -0.05) is 25.1 Å². The number of hydrogen-bond donors (Lipinski definition) is 2. The molecule has 3 atom stereocenters. The molecule has 25 heavy (non-hydrogen) atoms. The largest absolute Gasteiger partial charge is 0.353 e. The van der Waals surface area contributed by atoms with Crippen molar-refractivity contribution in [3.63, 3.8) is 0 Å². The molecule has 0 saturated heterocycles. The van der Waals surface area contributed by atoms with Gasteiger partial charge in [-0.2, -0.15) is 4.39 Å². The Hall–Kier alpha value is -2.14. The number of amides is 1. The van der Waals surface area contributed by atoms with Gasteiger partial charge in [0.05, 0.1) is 5.92 Å². The van der Waals surface area contributed by atoms with Crippen LogP contribution in [-0.4, -0.2) is 41.5 Å². The minimum absolute atomic E-state index is 0.0744. The summed E-state index contributed by atoms with van der Waals surface area (Å²) in [4.78, 5) is 17.7. The summed E-state index contributed by atoms with van der Waals surface area (Å²) in [6.07, 6.45) is 3.66. The molecule has 1 aliphatic carbocycles. The van der Waals surface area contributed by atoms with Crippen molar-refractivity contribution in [2.24, 2.45) is 5.92 Å². The van der Waals surface area contributed by atoms with E-state index in [0.717, 1.165) is 34.0 Å². The van der Waals surface area contributed by atoms with Gasteiger partial charge in [0.1, 0.15) is 0 Å². The van der Waals surface area contributed by atoms with Crippen LogP contribution in [0.25, 0.3) is 16.5 Å². The number of aromatic nitrogens is 1. The van der Waals surface area contributed by atoms with Crippen molar-refractivity contribution in [3.05, 3.63) is 41.3 Å². The molecule has 4 nitrogen and oxygen atoms in total. The lowest BCUT2D eigenvalue weighted by atomic mass is 9.79. The highest BCUT2D eigenvalue weighted by Gasteiger charge is 2.36. The van der Waals surface area contributed by atoms with Crippen LogP contribution in [0.4, 0.5) is 4.39 Å². The van der Waals surface area contributed by atoms with Gasteiger partial charge < -0.3 is 10.3 Å². The number of carbonyl (C=O) groups is 1. The van der Waals surface area contributed by atoms with Crippen LogP contribution in [-0.2, 0) is 11.2 Å². The molecule has 2 aliphatic rings. The van der Waals surface area contributed by atoms with Gasteiger partial charge in [-0.15, -0.1) is 0 Å². The lowest BCUT2D eigenvalue weighted by molar-refractivity contribution is -0.124. The van der Waals surface area contributed by atoms with E-state index >= 15 is 0 Å². The van der Waals surface area contributed by atoms with Gasteiger partial charge in [-0.25, -0.2) is 0 Å². The Morgan fingerprint density at radius 2 is 2.28 bits per heavy atom. The summed E-state index contributed by atoms with van der Waals surface area (Å²) >= 11 is 0. The minimum atomic E-state index is -0.230. The zero-order valence-electron chi connectivity index (χ0n) is 14.9. The summed E-state index contributed by atoms with van der Waals surface area (Å²) in [6.45, 7) is 4.75. The van der Waals surface area contributed by atoms with Gasteiger partial charge in [0.15, 0.2) is 5.95 Å². The number of likely N-dealkylation sites (N-methyl/N-ethyl adjacent to an activating group) is 1. The monoisotopic (exact) mass is 341 g/mol. The number of benzene rings is 1. The Morgan fingerprint density at radius 3 is 3.04 bits per heavy atom. The van der Waals surface area contributed by atoms with Crippen LogP contribution < -0.4 is 5.32 Å². The number of nitrogens with zero attached hydrogens (tertiary/aromatic N) is 1. The highest BCUT2D eigenvalue weighted by Crippen LogP contribution is 2.41. The molecule has 132 valence electrons. The normalized spacial score (nSPS) is 23.9. The first-order valence-corrected chi connectivity index (χ1v) is 9.01. The van der Waals surface area contributed by atoms with E-state index in [9.17, 15) is 9.18 Å². The molecular formula is C20H24FN3O. The van der Waals surface area contributed by atoms with E-state index in [0.29, 0.717) is 13.0 Å². The SMILES string of the molecule is CC[C@@H](C)NC(=O)[C@@H]1C=C2c3cccc4[nH]c(F)c(c34)C[C@H]2N(C)C1. The van der Waals surface area contributed by atoms with Crippen LogP contribution in [0, 0.1) is 11.9 Å². The predicted octanol–water partition coefficient (Wildman–Crippen LogP) is 3.09. The Labute approximate surface area is 147 Å². The Bertz CT molecular complexity index is 869. The third-order valence-electron chi connectivity index (χ3n) is 5.68. The molecule has 2 N–H and O–H groups in total. The fraction of sp³-hybridized carbons (Fsp3) is 0.450. The summed E-state index contributed by atoms with van der Waals surface area (Å²) in [6, 6.07) is 6.19. The molecule has 5 heteroatoms. The van der Waals surface area contributed by atoms with Crippen molar-refractivity contribution < 1.29 is 9.18 Å². The first kappa shape index (κ1) is 16.3. The van der Waals surface area contributed by atoms with E-state index in [1.165, 1.54) is 0 Å². The third-order valence-corrected chi connectivity index (χ3v) is 5.68. The topological polar surface area (TPSA) is 48.1 Å². The zero-order valence-corrected chi connectivity index (χ0v) is 14.9. The number of H-pyrrole nitrogens is 1. The molecule has 0 radical (unpaired) electrons. The van der Waals surface area contributed by atoms with Crippen molar-refractivity contribution in [1.82, 2.24) is 15.2 Å². The van der Waals surface area contributed by atoms with Crippen LogP contribution >= 0.6 is 0 Å². The highest BCUT2D eigenvalue weighted by atomic mass is 19.1. The molecule has 0 bridgehead atoms. The fourth-order valence-electron chi connectivity index (χ4n) is 4.11. The molecule has 0 fully saturated rings. The molecule has 0 unspecified atom stereocenters. The Kier molecular flexibility index (Phi) is 3.91. The standard InChI is InChI=1S/C20H24FN3O/c1-4-11(2)22-20(25)12-8-14-13-6-5-7-16-18(13)15(19(21)23-16)9-17(14)24(3)10-12/h5-8,11-12,17,23H,4,9-10H2,1-3H3,(H,22,25)/t11-,12-,17-/m1/s1. The van der Waals surface area contributed by atoms with E-state index < -0.39 is 0 Å². The number of halogens is 1. The molecule has 4 rings (SSSR count). The van der Waals surface area contributed by atoms with Crippen LogP contribution in [0.3, 0.4) is 0 Å². The maximum atomic E-state index is 14.3. The van der Waals surface area contributed by atoms with Gasteiger partial charge in [0.25, 0.3) is 0 Å². The predicted molar refractivity (Wildman–Crippen MR) is 97.7 cm³/mol. The number of fused-ring (bicyclic) bond motifs is 2. The van der Waals surface area contributed by atoms with Crippen LogP contribution in [0.2, 0.25) is 0 Å². The van der Waals surface area contributed by atoms with E-state index in [-0.39, 0.29) is 29.9 Å². The second kappa shape index (κ2) is 5.99. The Balaban J connectivity index is 1.78. The van der Waals surface area contributed by atoms with Crippen molar-refractivity contribution in [2.75, 3.05) is 13.6 Å². The average Bonchev–Trinajstić information content (AvgIpc) is 2.92. The molecular weight excluding hydrogens is 317 g/mol. The molecule has 1 aromatic carbocycles. The lowest BCUT2D eigenvalue weighted by Crippen LogP contribution is -2.47. The van der Waals surface area contributed by atoms with Crippen molar-refractivity contribution in [1.29, 1.82) is 0 Å². The Morgan fingerprint density at radius 1 is 1.48 bits per heavy atom. The molecule has 1 aromatic heterocycles. The van der Waals surface area contributed by atoms with Crippen LogP contribution in [0.1, 0.15) is 31.4 Å². The number of hydrogen-bond acceptors (Lipinski definition) is 2. The summed E-state index contributed by atoms with van der Waals surface area (Å²) in [7, 11) is 2.02. The number of aromatic amines is 1. The minimum Gasteiger partial charge on any atom is -0.353 e. The van der Waals surface area contributed by atoms with Gasteiger partial charge in [0.2, 0.25) is 5.91 Å². The van der Waals surface area contributed by atoms with E-state index in [1.54, 1.807) is 0 Å². The van der Waals surface area contributed by atoms with Gasteiger partial charge in [-0.05, 0) is 44.0 Å². The van der Waals surface area contributed by atoms with Gasteiger partial charge >= 0.3 is 0 Å². The summed E-state index contributed by atoms with van der Waals surface area (Å²) in [5.74, 6) is -0.331. The zero-order chi connectivity index (χ0) is 17.7. The van der Waals surface area contributed by atoms with Crippen LogP contribution in [0.5, 0.6) is 0 Å². The second-order valence-corrected chi connectivity index (χ2v) is 7.35. The maximum absolute atomic E-state index is 14.3. The first-order valence-electron chi connectivity index (χ1n) is 9.01. The summed E-state index contributed by atoms with van der Waals surface area (Å²) in [5, 5.41) is 4.06. The first-order chi connectivity index (χ1) is 12.0. The molecule has 1 amide bonds. The van der Waals surface area contributed by atoms with Crippen LogP contribution in [0.15, 0.2) is 24.3 Å². The highest BCUT2D eigenvalue weighted by molar-refractivity contribution is 5.99. The molecule has 0 spiro atoms. The summed E-state index contributed by atoms with van der Waals surface area (Å²) < 4.78 is 14.3. The lowest BCUT2D eigenvalue weighted by Gasteiger charge is -2.39. The molecule has 1 aliphatic heterocycles.